The fraction of sp³-hybridized carbons (Fsp3) is 0.643. The summed E-state index contributed by atoms with van der Waals surface area (Å²) in [4.78, 5) is 24.7. The minimum absolute atomic E-state index is 0.0954. The first-order valence-corrected chi connectivity index (χ1v) is 12.8. The molecule has 3 saturated carbocycles. The molecule has 0 bridgehead atoms. The van der Waals surface area contributed by atoms with E-state index in [9.17, 15) is 9.59 Å². The number of ketones is 1. The van der Waals surface area contributed by atoms with E-state index in [0.717, 1.165) is 37.3 Å². The normalized spacial score (nSPS) is 38.6. The number of hydrazone groups is 1. The van der Waals surface area contributed by atoms with E-state index in [1.807, 2.05) is 42.1 Å². The number of aromatic nitrogens is 1. The Morgan fingerprint density at radius 3 is 2.58 bits per heavy atom. The third kappa shape index (κ3) is 3.87. The van der Waals surface area contributed by atoms with E-state index in [4.69, 9.17) is 0 Å². The van der Waals surface area contributed by atoms with Crippen LogP contribution in [0.4, 0.5) is 0 Å². The second-order valence-electron chi connectivity index (χ2n) is 11.5. The van der Waals surface area contributed by atoms with E-state index in [1.165, 1.54) is 31.3 Å². The summed E-state index contributed by atoms with van der Waals surface area (Å²) in [5.74, 6) is 2.75. The molecule has 0 spiro atoms. The molecule has 0 radical (unpaired) electrons. The molecule has 6 atom stereocenters. The topological polar surface area (TPSA) is 62.4 Å². The summed E-state index contributed by atoms with van der Waals surface area (Å²) in [6, 6.07) is 5.78. The minimum Gasteiger partial charge on any atom is -0.300 e. The molecule has 0 aromatic carbocycles. The first-order chi connectivity index (χ1) is 15.8. The van der Waals surface area contributed by atoms with Crippen LogP contribution in [0.1, 0.15) is 72.1 Å². The molecule has 4 aliphatic rings. The van der Waals surface area contributed by atoms with Crippen LogP contribution < -0.4 is 9.99 Å². The Hall–Kier alpha value is -2.30. The first-order valence-electron chi connectivity index (χ1n) is 12.8. The van der Waals surface area contributed by atoms with E-state index < -0.39 is 0 Å². The van der Waals surface area contributed by atoms with Gasteiger partial charge in [-0.05, 0) is 93.0 Å². The molecule has 33 heavy (non-hydrogen) atoms. The monoisotopic (exact) mass is 448 g/mol. The highest BCUT2D eigenvalue weighted by Gasteiger charge is 2.59. The van der Waals surface area contributed by atoms with Crippen LogP contribution in [0.15, 0.2) is 47.3 Å². The Morgan fingerprint density at radius 1 is 1.03 bits per heavy atom. The summed E-state index contributed by atoms with van der Waals surface area (Å²) in [7, 11) is 0. The average Bonchev–Trinajstić information content (AvgIpc) is 3.16. The van der Waals surface area contributed by atoms with Crippen LogP contribution in [-0.2, 0) is 16.1 Å². The maximum Gasteiger partial charge on any atom is 0.305 e. The molecule has 4 aliphatic carbocycles. The Morgan fingerprint density at radius 2 is 1.82 bits per heavy atom. The Labute approximate surface area is 197 Å². The van der Waals surface area contributed by atoms with Crippen molar-refractivity contribution in [2.24, 2.45) is 39.6 Å². The van der Waals surface area contributed by atoms with E-state index in [1.54, 1.807) is 0 Å². The van der Waals surface area contributed by atoms with Crippen molar-refractivity contribution in [1.82, 2.24) is 5.43 Å². The fourth-order valence-corrected chi connectivity index (χ4v) is 8.20. The third-order valence-electron chi connectivity index (χ3n) is 9.90. The zero-order valence-electron chi connectivity index (χ0n) is 20.3. The van der Waals surface area contributed by atoms with Gasteiger partial charge in [0, 0.05) is 18.1 Å². The first kappa shape index (κ1) is 22.5. The number of pyridine rings is 1. The predicted molar refractivity (Wildman–Crippen MR) is 128 cm³/mol. The van der Waals surface area contributed by atoms with E-state index >= 15 is 0 Å². The Kier molecular flexibility index (Phi) is 5.78. The molecule has 5 rings (SSSR count). The van der Waals surface area contributed by atoms with Gasteiger partial charge in [-0.25, -0.2) is 5.43 Å². The highest BCUT2D eigenvalue weighted by atomic mass is 16.2. The van der Waals surface area contributed by atoms with Gasteiger partial charge in [0.1, 0.15) is 5.78 Å². The van der Waals surface area contributed by atoms with Gasteiger partial charge in [0.25, 0.3) is 0 Å². The van der Waals surface area contributed by atoms with Gasteiger partial charge < -0.3 is 0 Å². The van der Waals surface area contributed by atoms with Crippen molar-refractivity contribution in [3.8, 4) is 0 Å². The van der Waals surface area contributed by atoms with E-state index in [2.05, 4.69) is 30.5 Å². The number of nitrogens with zero attached hydrogens (tertiary/aromatic N) is 2. The number of carbonyl (C=O) groups is 2. The van der Waals surface area contributed by atoms with Gasteiger partial charge in [-0.1, -0.05) is 25.5 Å². The van der Waals surface area contributed by atoms with Gasteiger partial charge in [0.15, 0.2) is 12.4 Å². The highest BCUT2D eigenvalue weighted by Crippen LogP contribution is 2.66. The lowest BCUT2D eigenvalue weighted by molar-refractivity contribution is -0.684. The molecule has 1 heterocycles. The number of hydrogen-bond donors (Lipinski definition) is 1. The van der Waals surface area contributed by atoms with Gasteiger partial charge in [0.05, 0.1) is 5.71 Å². The third-order valence-corrected chi connectivity index (χ3v) is 9.90. The van der Waals surface area contributed by atoms with E-state index in [-0.39, 0.29) is 29.2 Å². The van der Waals surface area contributed by atoms with Crippen LogP contribution in [0.3, 0.4) is 0 Å². The Balaban J connectivity index is 1.29. The van der Waals surface area contributed by atoms with Gasteiger partial charge in [-0.2, -0.15) is 9.67 Å². The highest BCUT2D eigenvalue weighted by molar-refractivity contribution is 5.97. The van der Waals surface area contributed by atoms with Crippen LogP contribution in [-0.4, -0.2) is 17.4 Å². The predicted octanol–water partition coefficient (Wildman–Crippen LogP) is 4.61. The van der Waals surface area contributed by atoms with Gasteiger partial charge in [0.2, 0.25) is 6.54 Å². The van der Waals surface area contributed by atoms with Crippen molar-refractivity contribution < 1.29 is 14.2 Å². The number of amides is 1. The van der Waals surface area contributed by atoms with Crippen LogP contribution >= 0.6 is 0 Å². The second-order valence-corrected chi connectivity index (χ2v) is 11.5. The Bertz CT molecular complexity index is 1000. The van der Waals surface area contributed by atoms with Gasteiger partial charge in [-0.3, -0.25) is 9.59 Å². The minimum atomic E-state index is -0.0954. The van der Waals surface area contributed by atoms with Crippen molar-refractivity contribution in [3.05, 3.63) is 42.2 Å². The summed E-state index contributed by atoms with van der Waals surface area (Å²) in [5, 5.41) is 4.49. The zero-order valence-corrected chi connectivity index (χ0v) is 20.3. The molecule has 1 aromatic heterocycles. The standard InChI is InChI=1S/C28H37N3O2/c1-19(32)23-9-10-24-22-8-7-20-17-21(29-30-26(33)18-31-15-5-4-6-16-31)11-13-27(20,2)25(22)12-14-28(23,24)3/h4-6,15-17,22-25H,7-14,18H2,1-3H3/p+1/b29-21-/t22?,23-,24?,25?,27+,28-/m1/s1. The molecule has 1 amide bonds. The van der Waals surface area contributed by atoms with Crippen LogP contribution in [0.25, 0.3) is 0 Å². The number of nitrogens with one attached hydrogen (secondary N) is 1. The van der Waals surface area contributed by atoms with Crippen molar-refractivity contribution in [3.63, 3.8) is 0 Å². The largest absolute Gasteiger partial charge is 0.305 e. The SMILES string of the molecule is CC(=O)[C@H]1CCC2C3CCC4=C/C(=N\NC(=O)C[n+]5ccccc5)CC[C@]4(C)C3CC[C@@]21C. The molecule has 0 saturated heterocycles. The lowest BCUT2D eigenvalue weighted by atomic mass is 9.46. The number of hydrogen-bond acceptors (Lipinski definition) is 3. The maximum atomic E-state index is 12.4. The number of carbonyl (C=O) groups excluding carboxylic acids is 2. The quantitative estimate of drug-likeness (QED) is 0.540. The smallest absolute Gasteiger partial charge is 0.300 e. The molecule has 3 fully saturated rings. The molecule has 5 nitrogen and oxygen atoms in total. The maximum absolute atomic E-state index is 12.4. The number of allylic oxidation sites excluding steroid dienone is 2. The lowest BCUT2D eigenvalue weighted by Gasteiger charge is -2.58. The molecule has 3 unspecified atom stereocenters. The molecule has 1 aromatic rings. The number of rotatable bonds is 4. The molecule has 1 N–H and O–H groups in total. The van der Waals surface area contributed by atoms with Crippen molar-refractivity contribution in [2.75, 3.05) is 0 Å². The van der Waals surface area contributed by atoms with Crippen LogP contribution in [0, 0.1) is 34.5 Å². The second kappa shape index (κ2) is 8.48. The summed E-state index contributed by atoms with van der Waals surface area (Å²) >= 11 is 0. The molecular formula is C28H38N3O2+. The number of fused-ring (bicyclic) bond motifs is 5. The fourth-order valence-electron chi connectivity index (χ4n) is 8.20. The number of Topliss-reactive ketones (excluding diaryl/α,β-unsaturated/α-hetero) is 1. The van der Waals surface area contributed by atoms with Crippen molar-refractivity contribution in [1.29, 1.82) is 0 Å². The molecular weight excluding hydrogens is 410 g/mol. The zero-order chi connectivity index (χ0) is 23.2. The summed E-state index contributed by atoms with van der Waals surface area (Å²) < 4.78 is 1.85. The van der Waals surface area contributed by atoms with Gasteiger partial charge >= 0.3 is 5.91 Å². The molecule has 5 heteroatoms. The molecule has 0 aliphatic heterocycles. The van der Waals surface area contributed by atoms with Crippen LogP contribution in [0.5, 0.6) is 0 Å². The summed E-state index contributed by atoms with van der Waals surface area (Å²) in [6.45, 7) is 6.99. The van der Waals surface area contributed by atoms with Crippen molar-refractivity contribution >= 4 is 17.4 Å². The van der Waals surface area contributed by atoms with Crippen LogP contribution in [0.2, 0.25) is 0 Å². The van der Waals surface area contributed by atoms with Gasteiger partial charge in [-0.15, -0.1) is 0 Å². The van der Waals surface area contributed by atoms with E-state index in [0.29, 0.717) is 17.6 Å². The lowest BCUT2D eigenvalue weighted by Crippen LogP contribution is -2.51. The average molecular weight is 449 g/mol. The summed E-state index contributed by atoms with van der Waals surface area (Å²) in [5.41, 5.74) is 5.76. The summed E-state index contributed by atoms with van der Waals surface area (Å²) in [6.07, 6.45) is 15.2. The van der Waals surface area contributed by atoms with Crippen molar-refractivity contribution in [2.45, 2.75) is 78.7 Å². The molecule has 176 valence electrons.